The van der Waals surface area contributed by atoms with E-state index in [1.54, 1.807) is 7.11 Å². The number of hydrogen-bond donors (Lipinski definition) is 1. The molecule has 0 saturated heterocycles. The summed E-state index contributed by atoms with van der Waals surface area (Å²) in [5.41, 5.74) is 8.83. The Morgan fingerprint density at radius 3 is 2.50 bits per heavy atom. The van der Waals surface area contributed by atoms with Crippen LogP contribution in [-0.4, -0.2) is 37.7 Å². The van der Waals surface area contributed by atoms with Crippen molar-refractivity contribution in [1.29, 1.82) is 0 Å². The lowest BCUT2D eigenvalue weighted by atomic mass is 9.95. The average molecular weight is 250 g/mol. The van der Waals surface area contributed by atoms with E-state index in [2.05, 4.69) is 49.9 Å². The van der Waals surface area contributed by atoms with Crippen molar-refractivity contribution >= 4 is 0 Å². The number of nitrogens with zero attached hydrogens (tertiary/aromatic N) is 1. The summed E-state index contributed by atoms with van der Waals surface area (Å²) >= 11 is 0. The maximum absolute atomic E-state index is 6.20. The summed E-state index contributed by atoms with van der Waals surface area (Å²) in [6, 6.07) is 8.84. The van der Waals surface area contributed by atoms with Crippen molar-refractivity contribution in [2.75, 3.05) is 26.8 Å². The van der Waals surface area contributed by atoms with Gasteiger partial charge in [0.2, 0.25) is 0 Å². The van der Waals surface area contributed by atoms with E-state index in [1.165, 1.54) is 11.1 Å². The summed E-state index contributed by atoms with van der Waals surface area (Å²) in [4.78, 5) is 2.39. The molecule has 0 bridgehead atoms. The van der Waals surface area contributed by atoms with Crippen LogP contribution in [-0.2, 0) is 4.74 Å². The molecular weight excluding hydrogens is 224 g/mol. The van der Waals surface area contributed by atoms with Crippen LogP contribution in [0.4, 0.5) is 0 Å². The summed E-state index contributed by atoms with van der Waals surface area (Å²) in [7, 11) is 1.74. The molecule has 2 atom stereocenters. The molecule has 0 fully saturated rings. The summed E-state index contributed by atoms with van der Waals surface area (Å²) in [5, 5.41) is 0. The normalized spacial score (nSPS) is 14.8. The molecule has 0 radical (unpaired) electrons. The molecule has 0 aliphatic carbocycles. The monoisotopic (exact) mass is 250 g/mol. The molecule has 3 nitrogen and oxygen atoms in total. The van der Waals surface area contributed by atoms with Crippen LogP contribution in [0.1, 0.15) is 31.0 Å². The second kappa shape index (κ2) is 7.52. The molecule has 1 aromatic carbocycles. The van der Waals surface area contributed by atoms with Crippen molar-refractivity contribution in [3.63, 3.8) is 0 Å². The van der Waals surface area contributed by atoms with Gasteiger partial charge < -0.3 is 10.5 Å². The quantitative estimate of drug-likeness (QED) is 0.807. The van der Waals surface area contributed by atoms with Crippen molar-refractivity contribution in [1.82, 2.24) is 4.90 Å². The maximum Gasteiger partial charge on any atom is 0.0589 e. The zero-order valence-electron chi connectivity index (χ0n) is 12.0. The molecule has 3 heteroatoms. The van der Waals surface area contributed by atoms with Crippen molar-refractivity contribution in [3.05, 3.63) is 35.4 Å². The average Bonchev–Trinajstić information content (AvgIpc) is 2.35. The number of nitrogens with two attached hydrogens (primary N) is 1. The van der Waals surface area contributed by atoms with Gasteiger partial charge in [-0.3, -0.25) is 4.90 Å². The van der Waals surface area contributed by atoms with Gasteiger partial charge in [-0.15, -0.1) is 0 Å². The van der Waals surface area contributed by atoms with E-state index in [-0.39, 0.29) is 12.1 Å². The van der Waals surface area contributed by atoms with Crippen LogP contribution in [0.15, 0.2) is 24.3 Å². The minimum Gasteiger partial charge on any atom is -0.383 e. The minimum atomic E-state index is 0.0999. The summed E-state index contributed by atoms with van der Waals surface area (Å²) in [6.45, 7) is 9.02. The molecule has 0 aromatic heterocycles. The number of rotatable bonds is 7. The Hall–Kier alpha value is -0.900. The predicted octanol–water partition coefficient (Wildman–Crippen LogP) is 2.35. The van der Waals surface area contributed by atoms with Crippen molar-refractivity contribution < 1.29 is 4.74 Å². The van der Waals surface area contributed by atoms with Gasteiger partial charge in [-0.1, -0.05) is 31.2 Å². The molecule has 1 aromatic rings. The Kier molecular flexibility index (Phi) is 6.33. The highest BCUT2D eigenvalue weighted by Gasteiger charge is 2.23. The second-order valence-electron chi connectivity index (χ2n) is 4.78. The van der Waals surface area contributed by atoms with Crippen molar-refractivity contribution in [3.8, 4) is 0 Å². The Balaban J connectivity index is 2.97. The van der Waals surface area contributed by atoms with E-state index in [0.29, 0.717) is 0 Å². The van der Waals surface area contributed by atoms with Crippen LogP contribution >= 0.6 is 0 Å². The van der Waals surface area contributed by atoms with Gasteiger partial charge >= 0.3 is 0 Å². The molecule has 2 unspecified atom stereocenters. The fraction of sp³-hybridized carbons (Fsp3) is 0.600. The van der Waals surface area contributed by atoms with E-state index >= 15 is 0 Å². The predicted molar refractivity (Wildman–Crippen MR) is 76.7 cm³/mol. The molecule has 102 valence electrons. The van der Waals surface area contributed by atoms with Gasteiger partial charge in [0.15, 0.2) is 0 Å². The molecule has 0 spiro atoms. The highest BCUT2D eigenvalue weighted by atomic mass is 16.5. The number of ether oxygens (including phenoxy) is 1. The molecule has 2 N–H and O–H groups in total. The third-order valence-corrected chi connectivity index (χ3v) is 3.39. The van der Waals surface area contributed by atoms with Gasteiger partial charge in [-0.2, -0.15) is 0 Å². The standard InChI is InChI=1S/C15H26N2O/c1-5-17(10-11-18-4)15(13(3)16)14-9-7-6-8-12(14)2/h6-9,13,15H,5,10-11,16H2,1-4H3. The molecular formula is C15H26N2O. The van der Waals surface area contributed by atoms with Gasteiger partial charge in [-0.05, 0) is 31.5 Å². The Morgan fingerprint density at radius 2 is 2.00 bits per heavy atom. The third kappa shape index (κ3) is 3.80. The summed E-state index contributed by atoms with van der Waals surface area (Å²) in [5.74, 6) is 0. The van der Waals surface area contributed by atoms with Gasteiger partial charge in [0, 0.05) is 25.7 Å². The lowest BCUT2D eigenvalue weighted by Crippen LogP contribution is -2.41. The number of hydrogen-bond acceptors (Lipinski definition) is 3. The van der Waals surface area contributed by atoms with Crippen LogP contribution in [0.5, 0.6) is 0 Å². The van der Waals surface area contributed by atoms with Crippen LogP contribution in [0.25, 0.3) is 0 Å². The Bertz CT molecular complexity index is 352. The van der Waals surface area contributed by atoms with Gasteiger partial charge in [0.25, 0.3) is 0 Å². The number of methoxy groups -OCH3 is 1. The largest absolute Gasteiger partial charge is 0.383 e. The highest BCUT2D eigenvalue weighted by Crippen LogP contribution is 2.25. The smallest absolute Gasteiger partial charge is 0.0589 e. The lowest BCUT2D eigenvalue weighted by Gasteiger charge is -2.34. The lowest BCUT2D eigenvalue weighted by molar-refractivity contribution is 0.115. The fourth-order valence-corrected chi connectivity index (χ4v) is 2.43. The molecule has 0 heterocycles. The minimum absolute atomic E-state index is 0.0999. The molecule has 1 rings (SSSR count). The van der Waals surface area contributed by atoms with E-state index < -0.39 is 0 Å². The highest BCUT2D eigenvalue weighted by molar-refractivity contribution is 5.29. The first-order valence-electron chi connectivity index (χ1n) is 6.65. The molecule has 0 saturated carbocycles. The maximum atomic E-state index is 6.20. The number of benzene rings is 1. The molecule has 0 aliphatic rings. The third-order valence-electron chi connectivity index (χ3n) is 3.39. The van der Waals surface area contributed by atoms with Crippen molar-refractivity contribution in [2.24, 2.45) is 5.73 Å². The fourth-order valence-electron chi connectivity index (χ4n) is 2.43. The van der Waals surface area contributed by atoms with Crippen LogP contribution in [0.2, 0.25) is 0 Å². The summed E-state index contributed by atoms with van der Waals surface area (Å²) < 4.78 is 5.19. The summed E-state index contributed by atoms with van der Waals surface area (Å²) in [6.07, 6.45) is 0. The molecule has 0 amide bonds. The second-order valence-corrected chi connectivity index (χ2v) is 4.78. The molecule has 18 heavy (non-hydrogen) atoms. The van der Waals surface area contributed by atoms with Crippen LogP contribution in [0.3, 0.4) is 0 Å². The van der Waals surface area contributed by atoms with Crippen LogP contribution < -0.4 is 5.73 Å². The number of aryl methyl sites for hydroxylation is 1. The molecule has 0 aliphatic heterocycles. The van der Waals surface area contributed by atoms with Gasteiger partial charge in [0.05, 0.1) is 6.61 Å². The van der Waals surface area contributed by atoms with Gasteiger partial charge in [0.1, 0.15) is 0 Å². The van der Waals surface area contributed by atoms with E-state index in [4.69, 9.17) is 10.5 Å². The zero-order valence-corrected chi connectivity index (χ0v) is 12.0. The van der Waals surface area contributed by atoms with E-state index in [0.717, 1.165) is 19.7 Å². The van der Waals surface area contributed by atoms with Gasteiger partial charge in [-0.25, -0.2) is 0 Å². The van der Waals surface area contributed by atoms with Crippen molar-refractivity contribution in [2.45, 2.75) is 32.9 Å². The van der Waals surface area contributed by atoms with E-state index in [9.17, 15) is 0 Å². The number of likely N-dealkylation sites (N-methyl/N-ethyl adjacent to an activating group) is 1. The Morgan fingerprint density at radius 1 is 1.33 bits per heavy atom. The Labute approximate surface area is 111 Å². The topological polar surface area (TPSA) is 38.5 Å². The van der Waals surface area contributed by atoms with Crippen LogP contribution in [0, 0.1) is 6.92 Å². The van der Waals surface area contributed by atoms with E-state index in [1.807, 2.05) is 0 Å². The first kappa shape index (κ1) is 15.2. The zero-order chi connectivity index (χ0) is 13.5. The first-order chi connectivity index (χ1) is 8.61. The first-order valence-corrected chi connectivity index (χ1v) is 6.65. The SMILES string of the molecule is CCN(CCOC)C(c1ccccc1C)C(C)N.